The molecule has 5 nitrogen and oxygen atoms in total. The van der Waals surface area contributed by atoms with Crippen molar-refractivity contribution < 1.29 is 4.79 Å². The van der Waals surface area contributed by atoms with Crippen molar-refractivity contribution in [3.8, 4) is 0 Å². The van der Waals surface area contributed by atoms with E-state index in [9.17, 15) is 4.79 Å². The van der Waals surface area contributed by atoms with Crippen LogP contribution in [-0.2, 0) is 11.2 Å². The summed E-state index contributed by atoms with van der Waals surface area (Å²) < 4.78 is 0. The number of nitrogen functional groups attached to an aromatic ring is 1. The van der Waals surface area contributed by atoms with Crippen LogP contribution in [0.15, 0.2) is 42.5 Å². The molecular formula is C22H30Cl2N4O. The third kappa shape index (κ3) is 5.09. The Kier molecular flexibility index (Phi) is 8.05. The third-order valence-electron chi connectivity index (χ3n) is 5.71. The van der Waals surface area contributed by atoms with Crippen molar-refractivity contribution in [1.82, 2.24) is 4.90 Å². The third-order valence-corrected chi connectivity index (χ3v) is 5.71. The van der Waals surface area contributed by atoms with Crippen LogP contribution in [-0.4, -0.2) is 50.1 Å². The van der Waals surface area contributed by atoms with E-state index in [0.717, 1.165) is 56.9 Å². The van der Waals surface area contributed by atoms with Crippen molar-refractivity contribution >= 4 is 47.8 Å². The van der Waals surface area contributed by atoms with Gasteiger partial charge in [0.15, 0.2) is 0 Å². The molecule has 4 rings (SSSR count). The molecule has 29 heavy (non-hydrogen) atoms. The summed E-state index contributed by atoms with van der Waals surface area (Å²) >= 11 is 0. The summed E-state index contributed by atoms with van der Waals surface area (Å²) in [5.41, 5.74) is 11.8. The molecule has 0 bridgehead atoms. The molecule has 0 aliphatic carbocycles. The summed E-state index contributed by atoms with van der Waals surface area (Å²) in [4.78, 5) is 19.5. The molecule has 2 aromatic rings. The maximum atomic E-state index is 12.9. The zero-order valence-corrected chi connectivity index (χ0v) is 18.5. The van der Waals surface area contributed by atoms with Gasteiger partial charge in [0, 0.05) is 49.8 Å². The molecule has 2 N–H and O–H groups in total. The van der Waals surface area contributed by atoms with Gasteiger partial charge >= 0.3 is 0 Å². The fourth-order valence-corrected chi connectivity index (χ4v) is 4.19. The van der Waals surface area contributed by atoms with Crippen molar-refractivity contribution in [3.05, 3.63) is 53.6 Å². The second-order valence-corrected chi connectivity index (χ2v) is 7.58. The lowest BCUT2D eigenvalue weighted by Crippen LogP contribution is -2.51. The fourth-order valence-electron chi connectivity index (χ4n) is 4.19. The number of halogens is 2. The van der Waals surface area contributed by atoms with Gasteiger partial charge in [0.25, 0.3) is 0 Å². The van der Waals surface area contributed by atoms with Crippen molar-refractivity contribution in [2.45, 2.75) is 19.8 Å². The van der Waals surface area contributed by atoms with Crippen LogP contribution in [0.5, 0.6) is 0 Å². The molecule has 1 saturated heterocycles. The topological polar surface area (TPSA) is 52.8 Å². The van der Waals surface area contributed by atoms with Gasteiger partial charge < -0.3 is 20.4 Å². The average Bonchev–Trinajstić information content (AvgIpc) is 2.69. The van der Waals surface area contributed by atoms with E-state index in [-0.39, 0.29) is 30.7 Å². The van der Waals surface area contributed by atoms with E-state index in [1.54, 1.807) is 0 Å². The molecule has 1 fully saturated rings. The van der Waals surface area contributed by atoms with E-state index >= 15 is 0 Å². The van der Waals surface area contributed by atoms with Gasteiger partial charge in [0.05, 0.1) is 6.54 Å². The normalized spacial score (nSPS) is 15.8. The number of nitrogens with two attached hydrogens (primary N) is 1. The summed E-state index contributed by atoms with van der Waals surface area (Å²) in [6.45, 7) is 6.82. The second-order valence-electron chi connectivity index (χ2n) is 7.58. The van der Waals surface area contributed by atoms with Gasteiger partial charge in [-0.25, -0.2) is 0 Å². The Balaban J connectivity index is 0.00000150. The molecule has 2 aliphatic heterocycles. The molecule has 2 aromatic carbocycles. The van der Waals surface area contributed by atoms with E-state index in [4.69, 9.17) is 5.73 Å². The minimum atomic E-state index is 0. The number of hydrogen-bond donors (Lipinski definition) is 1. The Morgan fingerprint density at radius 3 is 2.45 bits per heavy atom. The maximum Gasteiger partial charge on any atom is 0.242 e. The van der Waals surface area contributed by atoms with Crippen LogP contribution >= 0.6 is 24.8 Å². The van der Waals surface area contributed by atoms with E-state index in [2.05, 4.69) is 47.1 Å². The van der Waals surface area contributed by atoms with Gasteiger partial charge in [0.1, 0.15) is 0 Å². The summed E-state index contributed by atoms with van der Waals surface area (Å²) in [5, 5.41) is 0. The molecule has 0 atom stereocenters. The Hall–Kier alpha value is -2.11. The predicted molar refractivity (Wildman–Crippen MR) is 126 cm³/mol. The Bertz CT molecular complexity index is 837. The number of rotatable bonds is 3. The predicted octanol–water partition coefficient (Wildman–Crippen LogP) is 3.52. The summed E-state index contributed by atoms with van der Waals surface area (Å²) in [6, 6.07) is 14.6. The van der Waals surface area contributed by atoms with E-state index in [1.165, 1.54) is 16.8 Å². The van der Waals surface area contributed by atoms with Crippen molar-refractivity contribution in [2.75, 3.05) is 54.8 Å². The van der Waals surface area contributed by atoms with Crippen LogP contribution in [0.2, 0.25) is 0 Å². The Morgan fingerprint density at radius 1 is 1.00 bits per heavy atom. The van der Waals surface area contributed by atoms with Gasteiger partial charge in [-0.15, -0.1) is 24.8 Å². The SMILES string of the molecule is Cc1cccc(N2CCN(C(=O)CN3CCCc4c(N)cccc43)CC2)c1.Cl.Cl. The lowest BCUT2D eigenvalue weighted by atomic mass is 10.00. The standard InChI is InChI=1S/C22H28N4O.2ClH/c1-17-5-2-6-18(15-17)24-11-13-25(14-12-24)22(27)16-26-10-4-7-19-20(23)8-3-9-21(19)26;;/h2-3,5-6,8-9,15H,4,7,10-14,16,23H2,1H3;2*1H. The zero-order valence-electron chi connectivity index (χ0n) is 16.8. The van der Waals surface area contributed by atoms with E-state index in [1.807, 2.05) is 17.0 Å². The van der Waals surface area contributed by atoms with Crippen molar-refractivity contribution in [2.24, 2.45) is 0 Å². The molecule has 0 unspecified atom stereocenters. The van der Waals surface area contributed by atoms with Crippen LogP contribution < -0.4 is 15.5 Å². The highest BCUT2D eigenvalue weighted by molar-refractivity contribution is 5.85. The number of amides is 1. The molecule has 158 valence electrons. The number of piperazine rings is 1. The first-order valence-electron chi connectivity index (χ1n) is 9.83. The summed E-state index contributed by atoms with van der Waals surface area (Å²) in [6.07, 6.45) is 2.05. The van der Waals surface area contributed by atoms with Gasteiger partial charge in [-0.2, -0.15) is 0 Å². The number of carbonyl (C=O) groups is 1. The van der Waals surface area contributed by atoms with E-state index in [0.29, 0.717) is 6.54 Å². The first-order valence-corrected chi connectivity index (χ1v) is 9.83. The van der Waals surface area contributed by atoms with Gasteiger partial charge in [-0.1, -0.05) is 18.2 Å². The number of hydrogen-bond acceptors (Lipinski definition) is 4. The minimum Gasteiger partial charge on any atom is -0.398 e. The largest absolute Gasteiger partial charge is 0.398 e. The zero-order chi connectivity index (χ0) is 18.8. The molecule has 0 radical (unpaired) electrons. The van der Waals surface area contributed by atoms with Gasteiger partial charge in [-0.05, 0) is 55.2 Å². The number of anilines is 3. The highest BCUT2D eigenvalue weighted by Gasteiger charge is 2.25. The number of nitrogens with zero attached hydrogens (tertiary/aromatic N) is 3. The fraction of sp³-hybridized carbons (Fsp3) is 0.409. The Morgan fingerprint density at radius 2 is 1.72 bits per heavy atom. The van der Waals surface area contributed by atoms with Crippen LogP contribution in [0.3, 0.4) is 0 Å². The van der Waals surface area contributed by atoms with Gasteiger partial charge in [-0.3, -0.25) is 4.79 Å². The molecule has 2 aliphatic rings. The average molecular weight is 437 g/mol. The molecule has 0 aromatic heterocycles. The summed E-state index contributed by atoms with van der Waals surface area (Å²) in [7, 11) is 0. The molecule has 2 heterocycles. The van der Waals surface area contributed by atoms with E-state index < -0.39 is 0 Å². The number of aryl methyl sites for hydroxylation is 1. The van der Waals surface area contributed by atoms with Gasteiger partial charge in [0.2, 0.25) is 5.91 Å². The second kappa shape index (κ2) is 10.1. The van der Waals surface area contributed by atoms with Crippen LogP contribution in [0.25, 0.3) is 0 Å². The van der Waals surface area contributed by atoms with Crippen LogP contribution in [0.4, 0.5) is 17.1 Å². The maximum absolute atomic E-state index is 12.9. The minimum absolute atomic E-state index is 0. The quantitative estimate of drug-likeness (QED) is 0.747. The summed E-state index contributed by atoms with van der Waals surface area (Å²) in [5.74, 6) is 0.217. The van der Waals surface area contributed by atoms with Crippen LogP contribution in [0.1, 0.15) is 17.5 Å². The highest BCUT2D eigenvalue weighted by Crippen LogP contribution is 2.31. The first-order chi connectivity index (χ1) is 13.1. The monoisotopic (exact) mass is 436 g/mol. The molecule has 0 saturated carbocycles. The number of fused-ring (bicyclic) bond motifs is 1. The lowest BCUT2D eigenvalue weighted by molar-refractivity contribution is -0.130. The number of benzene rings is 2. The van der Waals surface area contributed by atoms with Crippen LogP contribution in [0, 0.1) is 6.92 Å². The number of carbonyl (C=O) groups excluding carboxylic acids is 1. The molecule has 0 spiro atoms. The molecule has 1 amide bonds. The molecular weight excluding hydrogens is 407 g/mol. The Labute approximate surface area is 185 Å². The smallest absolute Gasteiger partial charge is 0.242 e. The highest BCUT2D eigenvalue weighted by atomic mass is 35.5. The van der Waals surface area contributed by atoms with Crippen molar-refractivity contribution in [1.29, 1.82) is 0 Å². The lowest BCUT2D eigenvalue weighted by Gasteiger charge is -2.38. The first kappa shape index (κ1) is 23.2. The van der Waals surface area contributed by atoms with Crippen molar-refractivity contribution in [3.63, 3.8) is 0 Å². The molecule has 7 heteroatoms.